The third-order valence-corrected chi connectivity index (χ3v) is 5.34. The molecule has 0 N–H and O–H groups in total. The van der Waals surface area contributed by atoms with E-state index in [1.54, 1.807) is 25.5 Å². The number of methoxy groups -OCH3 is 1. The summed E-state index contributed by atoms with van der Waals surface area (Å²) >= 11 is 6.62. The topological polar surface area (TPSA) is 55.6 Å². The van der Waals surface area contributed by atoms with Crippen LogP contribution in [0.1, 0.15) is 11.5 Å². The fraction of sp³-hybridized carbons (Fsp3) is 0.105. The number of benzene rings is 1. The van der Waals surface area contributed by atoms with E-state index in [9.17, 15) is 4.79 Å². The third-order valence-electron chi connectivity index (χ3n) is 3.96. The van der Waals surface area contributed by atoms with Crippen LogP contribution >= 0.6 is 24.0 Å². The largest absolute Gasteiger partial charge is 0.497 e. The zero-order valence-electron chi connectivity index (χ0n) is 13.8. The van der Waals surface area contributed by atoms with E-state index in [1.165, 1.54) is 16.7 Å². The second-order valence-corrected chi connectivity index (χ2v) is 7.32. The van der Waals surface area contributed by atoms with E-state index in [0.717, 1.165) is 16.7 Å². The van der Waals surface area contributed by atoms with Gasteiger partial charge in [-0.15, -0.1) is 0 Å². The highest BCUT2D eigenvalue weighted by molar-refractivity contribution is 8.26. The fourth-order valence-corrected chi connectivity index (χ4v) is 3.90. The van der Waals surface area contributed by atoms with Crippen LogP contribution in [0.25, 0.3) is 17.0 Å². The van der Waals surface area contributed by atoms with Gasteiger partial charge in [-0.25, -0.2) is 4.98 Å². The summed E-state index contributed by atoms with van der Waals surface area (Å²) in [5.74, 6) is 1.35. The van der Waals surface area contributed by atoms with Gasteiger partial charge in [-0.1, -0.05) is 30.0 Å². The average Bonchev–Trinajstić information content (AvgIpc) is 3.25. The predicted octanol–water partition coefficient (Wildman–Crippen LogP) is 4.24. The van der Waals surface area contributed by atoms with Gasteiger partial charge in [0, 0.05) is 5.39 Å². The summed E-state index contributed by atoms with van der Waals surface area (Å²) in [6.07, 6.45) is 3.35. The van der Waals surface area contributed by atoms with Crippen LogP contribution in [0.4, 0.5) is 0 Å². The van der Waals surface area contributed by atoms with E-state index < -0.39 is 0 Å². The first-order valence-electron chi connectivity index (χ1n) is 7.86. The number of hydrogen-bond donors (Lipinski definition) is 0. The Kier molecular flexibility index (Phi) is 4.48. The van der Waals surface area contributed by atoms with E-state index in [1.807, 2.05) is 36.4 Å². The summed E-state index contributed by atoms with van der Waals surface area (Å²) in [5.41, 5.74) is 1.55. The van der Waals surface area contributed by atoms with E-state index in [2.05, 4.69) is 4.98 Å². The Bertz CT molecular complexity index is 1030. The molecule has 0 unspecified atom stereocenters. The molecule has 1 aromatic carbocycles. The lowest BCUT2D eigenvalue weighted by Gasteiger charge is -2.11. The molecule has 5 nitrogen and oxygen atoms in total. The molecule has 3 heterocycles. The molecule has 26 heavy (non-hydrogen) atoms. The lowest BCUT2D eigenvalue weighted by Crippen LogP contribution is -2.27. The smallest absolute Gasteiger partial charge is 0.266 e. The molecule has 1 aliphatic heterocycles. The summed E-state index contributed by atoms with van der Waals surface area (Å²) in [6, 6.07) is 13.1. The third kappa shape index (κ3) is 3.23. The molecule has 0 radical (unpaired) electrons. The Morgan fingerprint density at radius 2 is 2.19 bits per heavy atom. The molecule has 0 atom stereocenters. The Hall–Kier alpha value is -2.64. The van der Waals surface area contributed by atoms with E-state index in [0.29, 0.717) is 27.2 Å². The quantitative estimate of drug-likeness (QED) is 0.497. The lowest BCUT2D eigenvalue weighted by atomic mass is 10.2. The summed E-state index contributed by atoms with van der Waals surface area (Å²) in [7, 11) is 1.63. The molecular weight excluding hydrogens is 368 g/mol. The highest BCUT2D eigenvalue weighted by atomic mass is 32.2. The molecule has 0 spiro atoms. The molecule has 1 amide bonds. The lowest BCUT2D eigenvalue weighted by molar-refractivity contribution is -0.122. The standard InChI is InChI=1S/C19H14N2O3S2/c1-23-14-6-7-16-12(9-14)4-5-13(20-16)10-17-18(22)21(19(25)26-17)11-15-3-2-8-24-15/h2-10H,11H2,1H3. The number of aromatic nitrogens is 1. The van der Waals surface area contributed by atoms with Crippen molar-refractivity contribution >= 4 is 51.2 Å². The molecule has 1 aliphatic rings. The first-order valence-corrected chi connectivity index (χ1v) is 9.09. The summed E-state index contributed by atoms with van der Waals surface area (Å²) in [5, 5.41) is 0.979. The SMILES string of the molecule is COc1ccc2nc(C=C3SC(=S)N(Cc4ccco4)C3=O)ccc2c1. The van der Waals surface area contributed by atoms with Crippen LogP contribution in [-0.2, 0) is 11.3 Å². The molecular formula is C19H14N2O3S2. The molecule has 0 bridgehead atoms. The predicted molar refractivity (Wildman–Crippen MR) is 106 cm³/mol. The monoisotopic (exact) mass is 382 g/mol. The minimum Gasteiger partial charge on any atom is -0.497 e. The number of carbonyl (C=O) groups is 1. The molecule has 1 saturated heterocycles. The van der Waals surface area contributed by atoms with Crippen molar-refractivity contribution in [2.45, 2.75) is 6.54 Å². The number of carbonyl (C=O) groups excluding carboxylic acids is 1. The number of pyridine rings is 1. The summed E-state index contributed by atoms with van der Waals surface area (Å²) in [6.45, 7) is 0.333. The zero-order chi connectivity index (χ0) is 18.1. The first kappa shape index (κ1) is 16.8. The number of amides is 1. The Morgan fingerprint density at radius 3 is 2.96 bits per heavy atom. The van der Waals surface area contributed by atoms with Gasteiger partial charge in [-0.05, 0) is 42.5 Å². The second kappa shape index (κ2) is 6.93. The Morgan fingerprint density at radius 1 is 1.31 bits per heavy atom. The van der Waals surface area contributed by atoms with Crippen molar-refractivity contribution in [2.75, 3.05) is 7.11 Å². The van der Waals surface area contributed by atoms with Crippen LogP contribution in [0.2, 0.25) is 0 Å². The number of fused-ring (bicyclic) bond motifs is 1. The van der Waals surface area contributed by atoms with Crippen molar-refractivity contribution in [1.29, 1.82) is 0 Å². The van der Waals surface area contributed by atoms with Crippen molar-refractivity contribution in [3.63, 3.8) is 0 Å². The van der Waals surface area contributed by atoms with Gasteiger partial charge in [-0.2, -0.15) is 0 Å². The average molecular weight is 382 g/mol. The van der Waals surface area contributed by atoms with Gasteiger partial charge in [0.05, 0.1) is 36.0 Å². The number of nitrogens with zero attached hydrogens (tertiary/aromatic N) is 2. The van der Waals surface area contributed by atoms with Gasteiger partial charge in [0.2, 0.25) is 0 Å². The number of ether oxygens (including phenoxy) is 1. The highest BCUT2D eigenvalue weighted by Gasteiger charge is 2.32. The van der Waals surface area contributed by atoms with E-state index in [4.69, 9.17) is 21.4 Å². The molecule has 3 aromatic rings. The molecule has 7 heteroatoms. The van der Waals surface area contributed by atoms with Crippen molar-refractivity contribution in [3.8, 4) is 5.75 Å². The Balaban J connectivity index is 1.60. The number of rotatable bonds is 4. The normalized spacial score (nSPS) is 16.0. The van der Waals surface area contributed by atoms with E-state index in [-0.39, 0.29) is 5.91 Å². The van der Waals surface area contributed by atoms with Crippen LogP contribution in [0.3, 0.4) is 0 Å². The molecule has 0 saturated carbocycles. The summed E-state index contributed by atoms with van der Waals surface area (Å²) < 4.78 is 11.1. The number of furan rings is 1. The molecule has 2 aromatic heterocycles. The maximum absolute atomic E-state index is 12.7. The maximum atomic E-state index is 12.7. The van der Waals surface area contributed by atoms with Gasteiger partial charge in [0.25, 0.3) is 5.91 Å². The first-order chi connectivity index (χ1) is 12.6. The van der Waals surface area contributed by atoms with Gasteiger partial charge in [0.15, 0.2) is 0 Å². The van der Waals surface area contributed by atoms with Crippen molar-refractivity contribution in [3.05, 3.63) is 65.1 Å². The molecule has 1 fully saturated rings. The van der Waals surface area contributed by atoms with Crippen molar-refractivity contribution in [1.82, 2.24) is 9.88 Å². The van der Waals surface area contributed by atoms with Gasteiger partial charge in [0.1, 0.15) is 15.8 Å². The van der Waals surface area contributed by atoms with Gasteiger partial charge < -0.3 is 9.15 Å². The minimum absolute atomic E-state index is 0.131. The van der Waals surface area contributed by atoms with Crippen molar-refractivity contribution in [2.24, 2.45) is 0 Å². The molecule has 130 valence electrons. The highest BCUT2D eigenvalue weighted by Crippen LogP contribution is 2.33. The van der Waals surface area contributed by atoms with E-state index >= 15 is 0 Å². The van der Waals surface area contributed by atoms with Crippen molar-refractivity contribution < 1.29 is 13.9 Å². The number of thiocarbonyl (C=S) groups is 1. The van der Waals surface area contributed by atoms with Crippen LogP contribution in [0.15, 0.2) is 58.1 Å². The zero-order valence-corrected chi connectivity index (χ0v) is 15.5. The second-order valence-electron chi connectivity index (χ2n) is 5.64. The van der Waals surface area contributed by atoms with Crippen LogP contribution in [-0.4, -0.2) is 27.2 Å². The summed E-state index contributed by atoms with van der Waals surface area (Å²) in [4.78, 5) is 19.3. The minimum atomic E-state index is -0.131. The molecule has 0 aliphatic carbocycles. The van der Waals surface area contributed by atoms with Gasteiger partial charge >= 0.3 is 0 Å². The maximum Gasteiger partial charge on any atom is 0.266 e. The Labute approximate surface area is 159 Å². The number of hydrogen-bond acceptors (Lipinski definition) is 6. The van der Waals surface area contributed by atoms with Crippen LogP contribution in [0.5, 0.6) is 5.75 Å². The van der Waals surface area contributed by atoms with Crippen LogP contribution in [0, 0.1) is 0 Å². The van der Waals surface area contributed by atoms with Gasteiger partial charge in [-0.3, -0.25) is 9.69 Å². The molecule has 4 rings (SSSR count). The number of thioether (sulfide) groups is 1. The fourth-order valence-electron chi connectivity index (χ4n) is 2.66. The van der Waals surface area contributed by atoms with Crippen LogP contribution < -0.4 is 4.74 Å².